The summed E-state index contributed by atoms with van der Waals surface area (Å²) in [5.41, 5.74) is 0.918. The van der Waals surface area contributed by atoms with Crippen molar-refractivity contribution >= 4 is 11.6 Å². The second kappa shape index (κ2) is 7.58. The number of aliphatic hydroxyl groups is 1. The number of aliphatic hydroxyl groups excluding tert-OH is 1. The van der Waals surface area contributed by atoms with Crippen molar-refractivity contribution in [2.75, 3.05) is 24.5 Å². The number of carbonyl (C=O) groups is 1. The Kier molecular flexibility index (Phi) is 5.77. The molecule has 0 bridgehead atoms. The van der Waals surface area contributed by atoms with Crippen LogP contribution in [0.25, 0.3) is 0 Å². The van der Waals surface area contributed by atoms with E-state index in [0.29, 0.717) is 24.2 Å². The van der Waals surface area contributed by atoms with E-state index in [0.717, 1.165) is 25.9 Å². The predicted molar refractivity (Wildman–Crippen MR) is 85.6 cm³/mol. The summed E-state index contributed by atoms with van der Waals surface area (Å²) >= 11 is 0. The fourth-order valence-electron chi connectivity index (χ4n) is 2.90. The maximum Gasteiger partial charge on any atom is 0.251 e. The molecule has 0 aliphatic carbocycles. The van der Waals surface area contributed by atoms with Crippen LogP contribution in [-0.4, -0.2) is 36.8 Å². The highest BCUT2D eigenvalue weighted by molar-refractivity contribution is 5.94. The Labute approximate surface area is 131 Å². The second-order valence-corrected chi connectivity index (χ2v) is 6.26. The summed E-state index contributed by atoms with van der Waals surface area (Å²) in [7, 11) is 0. The van der Waals surface area contributed by atoms with E-state index in [-0.39, 0.29) is 23.7 Å². The van der Waals surface area contributed by atoms with Gasteiger partial charge in [0.2, 0.25) is 0 Å². The standard InChI is InChI=1S/C17H25FN2O2/c1-12(9-13(2)21)11-19-17(22)14-5-6-16(15(18)10-14)20-7-3-4-8-20/h5-6,10,12-13,21H,3-4,7-9,11H2,1-2H3,(H,19,22). The first-order chi connectivity index (χ1) is 10.5. The minimum Gasteiger partial charge on any atom is -0.393 e. The highest BCUT2D eigenvalue weighted by atomic mass is 19.1. The SMILES string of the molecule is CC(O)CC(C)CNC(=O)c1ccc(N2CCCC2)c(F)c1. The monoisotopic (exact) mass is 308 g/mol. The van der Waals surface area contributed by atoms with Gasteiger partial charge in [0.1, 0.15) is 5.82 Å². The molecule has 1 aromatic rings. The van der Waals surface area contributed by atoms with Crippen molar-refractivity contribution in [2.24, 2.45) is 5.92 Å². The minimum absolute atomic E-state index is 0.178. The van der Waals surface area contributed by atoms with Gasteiger partial charge in [0.15, 0.2) is 0 Å². The average Bonchev–Trinajstić information content (AvgIpc) is 2.97. The van der Waals surface area contributed by atoms with Crippen LogP contribution in [0.15, 0.2) is 18.2 Å². The van der Waals surface area contributed by atoms with Gasteiger partial charge in [-0.15, -0.1) is 0 Å². The third kappa shape index (κ3) is 4.44. The molecule has 0 radical (unpaired) electrons. The van der Waals surface area contributed by atoms with Gasteiger partial charge in [0.25, 0.3) is 5.91 Å². The van der Waals surface area contributed by atoms with Crippen molar-refractivity contribution in [3.05, 3.63) is 29.6 Å². The van der Waals surface area contributed by atoms with E-state index in [1.165, 1.54) is 6.07 Å². The zero-order chi connectivity index (χ0) is 16.1. The third-order valence-electron chi connectivity index (χ3n) is 4.01. The first-order valence-electron chi connectivity index (χ1n) is 7.98. The highest BCUT2D eigenvalue weighted by Gasteiger charge is 2.18. The Morgan fingerprint density at radius 1 is 1.36 bits per heavy atom. The number of halogens is 1. The smallest absolute Gasteiger partial charge is 0.251 e. The Morgan fingerprint density at radius 2 is 2.05 bits per heavy atom. The lowest BCUT2D eigenvalue weighted by Crippen LogP contribution is -2.29. The number of carbonyl (C=O) groups excluding carboxylic acids is 1. The summed E-state index contributed by atoms with van der Waals surface area (Å²) in [6, 6.07) is 4.67. The molecule has 1 aromatic carbocycles. The summed E-state index contributed by atoms with van der Waals surface area (Å²) in [6.45, 7) is 5.91. The van der Waals surface area contributed by atoms with E-state index >= 15 is 0 Å². The van der Waals surface area contributed by atoms with Gasteiger partial charge in [-0.25, -0.2) is 4.39 Å². The number of rotatable bonds is 6. The normalized spacial score (nSPS) is 17.4. The molecule has 1 saturated heterocycles. The third-order valence-corrected chi connectivity index (χ3v) is 4.01. The second-order valence-electron chi connectivity index (χ2n) is 6.26. The van der Waals surface area contributed by atoms with Crippen molar-refractivity contribution in [2.45, 2.75) is 39.2 Å². The van der Waals surface area contributed by atoms with Crippen molar-refractivity contribution in [1.82, 2.24) is 5.32 Å². The van der Waals surface area contributed by atoms with Crippen LogP contribution in [0.5, 0.6) is 0 Å². The van der Waals surface area contributed by atoms with Gasteiger partial charge in [-0.1, -0.05) is 6.92 Å². The lowest BCUT2D eigenvalue weighted by molar-refractivity contribution is 0.0939. The van der Waals surface area contributed by atoms with Crippen molar-refractivity contribution < 1.29 is 14.3 Å². The molecule has 1 aliphatic rings. The lowest BCUT2D eigenvalue weighted by Gasteiger charge is -2.19. The van der Waals surface area contributed by atoms with Crippen LogP contribution < -0.4 is 10.2 Å². The number of nitrogens with one attached hydrogen (secondary N) is 1. The Hall–Kier alpha value is -1.62. The summed E-state index contributed by atoms with van der Waals surface area (Å²) in [5.74, 6) is -0.437. The number of hydrogen-bond acceptors (Lipinski definition) is 3. The topological polar surface area (TPSA) is 52.6 Å². The van der Waals surface area contributed by atoms with E-state index in [4.69, 9.17) is 0 Å². The fourth-order valence-corrected chi connectivity index (χ4v) is 2.90. The van der Waals surface area contributed by atoms with Gasteiger partial charge in [-0.3, -0.25) is 4.79 Å². The van der Waals surface area contributed by atoms with Gasteiger partial charge in [0, 0.05) is 25.2 Å². The van der Waals surface area contributed by atoms with E-state index in [1.807, 2.05) is 11.8 Å². The molecule has 2 rings (SSSR count). The van der Waals surface area contributed by atoms with Gasteiger partial charge in [0.05, 0.1) is 11.8 Å². The summed E-state index contributed by atoms with van der Waals surface area (Å²) in [6.07, 6.45) is 2.41. The molecule has 122 valence electrons. The molecule has 1 aliphatic heterocycles. The molecular formula is C17H25FN2O2. The van der Waals surface area contributed by atoms with Gasteiger partial charge < -0.3 is 15.3 Å². The van der Waals surface area contributed by atoms with Crippen LogP contribution in [0.2, 0.25) is 0 Å². The van der Waals surface area contributed by atoms with Crippen molar-refractivity contribution in [3.63, 3.8) is 0 Å². The van der Waals surface area contributed by atoms with Gasteiger partial charge >= 0.3 is 0 Å². The van der Waals surface area contributed by atoms with E-state index in [9.17, 15) is 14.3 Å². The molecule has 5 heteroatoms. The van der Waals surface area contributed by atoms with Gasteiger partial charge in [-0.2, -0.15) is 0 Å². The molecule has 22 heavy (non-hydrogen) atoms. The molecule has 4 nitrogen and oxygen atoms in total. The maximum absolute atomic E-state index is 14.2. The fraction of sp³-hybridized carbons (Fsp3) is 0.588. The molecule has 2 unspecified atom stereocenters. The number of benzene rings is 1. The molecule has 1 amide bonds. The molecular weight excluding hydrogens is 283 g/mol. The maximum atomic E-state index is 14.2. The summed E-state index contributed by atoms with van der Waals surface area (Å²) in [5, 5.41) is 12.1. The van der Waals surface area contributed by atoms with Crippen LogP contribution in [-0.2, 0) is 0 Å². The highest BCUT2D eigenvalue weighted by Crippen LogP contribution is 2.24. The van der Waals surface area contributed by atoms with Crippen LogP contribution in [0.3, 0.4) is 0 Å². The zero-order valence-electron chi connectivity index (χ0n) is 13.3. The van der Waals surface area contributed by atoms with Crippen molar-refractivity contribution in [1.29, 1.82) is 0 Å². The van der Waals surface area contributed by atoms with E-state index in [2.05, 4.69) is 5.32 Å². The van der Waals surface area contributed by atoms with Crippen LogP contribution >= 0.6 is 0 Å². The number of anilines is 1. The molecule has 0 spiro atoms. The quantitative estimate of drug-likeness (QED) is 0.849. The Morgan fingerprint density at radius 3 is 2.64 bits per heavy atom. The average molecular weight is 308 g/mol. The number of hydrogen-bond donors (Lipinski definition) is 2. The number of nitrogens with zero attached hydrogens (tertiary/aromatic N) is 1. The molecule has 0 aromatic heterocycles. The largest absolute Gasteiger partial charge is 0.393 e. The first kappa shape index (κ1) is 16.7. The Balaban J connectivity index is 1.94. The summed E-state index contributed by atoms with van der Waals surface area (Å²) in [4.78, 5) is 14.1. The molecule has 1 heterocycles. The van der Waals surface area contributed by atoms with Crippen molar-refractivity contribution in [3.8, 4) is 0 Å². The lowest BCUT2D eigenvalue weighted by atomic mass is 10.0. The van der Waals surface area contributed by atoms with E-state index < -0.39 is 0 Å². The Bertz CT molecular complexity index is 513. The van der Waals surface area contributed by atoms with E-state index in [1.54, 1.807) is 19.1 Å². The predicted octanol–water partition coefficient (Wildman–Crippen LogP) is 2.56. The minimum atomic E-state index is -0.385. The molecule has 2 atom stereocenters. The summed E-state index contributed by atoms with van der Waals surface area (Å²) < 4.78 is 14.2. The first-order valence-corrected chi connectivity index (χ1v) is 7.98. The number of amides is 1. The molecule has 0 saturated carbocycles. The zero-order valence-corrected chi connectivity index (χ0v) is 13.3. The van der Waals surface area contributed by atoms with Crippen LogP contribution in [0.4, 0.5) is 10.1 Å². The van der Waals surface area contributed by atoms with Crippen LogP contribution in [0, 0.1) is 11.7 Å². The van der Waals surface area contributed by atoms with Gasteiger partial charge in [-0.05, 0) is 50.3 Å². The van der Waals surface area contributed by atoms with Crippen LogP contribution in [0.1, 0.15) is 43.5 Å². The molecule has 2 N–H and O–H groups in total. The molecule has 1 fully saturated rings.